The van der Waals surface area contributed by atoms with Gasteiger partial charge in [-0.2, -0.15) is 0 Å². The lowest BCUT2D eigenvalue weighted by atomic mass is 10.1. The summed E-state index contributed by atoms with van der Waals surface area (Å²) < 4.78 is 25.6. The van der Waals surface area contributed by atoms with Crippen LogP contribution < -0.4 is 10.6 Å². The molecular weight excluding hydrogens is 378 g/mol. The van der Waals surface area contributed by atoms with Crippen molar-refractivity contribution < 1.29 is 18.0 Å². The Kier molecular flexibility index (Phi) is 6.01. The normalized spacial score (nSPS) is 11.3. The third kappa shape index (κ3) is 4.04. The second-order valence-corrected chi connectivity index (χ2v) is 8.07. The summed E-state index contributed by atoms with van der Waals surface area (Å²) in [7, 11) is 0.546. The van der Waals surface area contributed by atoms with Crippen molar-refractivity contribution >= 4 is 39.1 Å². The van der Waals surface area contributed by atoms with Crippen LogP contribution in [0.1, 0.15) is 20.7 Å². The first-order valence-corrected chi connectivity index (χ1v) is 9.35. The number of halogens is 1. The lowest BCUT2D eigenvalue weighted by Gasteiger charge is -2.14. The highest BCUT2D eigenvalue weighted by Gasteiger charge is 2.21. The van der Waals surface area contributed by atoms with E-state index in [0.29, 0.717) is 0 Å². The second kappa shape index (κ2) is 7.86. The van der Waals surface area contributed by atoms with Gasteiger partial charge in [0, 0.05) is 21.1 Å². The number of benzene rings is 2. The summed E-state index contributed by atoms with van der Waals surface area (Å²) in [5.41, 5.74) is 0.548. The van der Waals surface area contributed by atoms with E-state index >= 15 is 0 Å². The van der Waals surface area contributed by atoms with Crippen molar-refractivity contribution in [3.8, 4) is 0 Å². The number of hydrogen-bond donors (Lipinski definition) is 2. The number of anilines is 1. The van der Waals surface area contributed by atoms with Crippen LogP contribution in [-0.2, 0) is 10.0 Å². The molecule has 0 atom stereocenters. The smallest absolute Gasteiger partial charge is 0.257 e. The molecule has 0 unspecified atom stereocenters. The fraction of sp³-hybridized carbons (Fsp3) is 0.176. The minimum Gasteiger partial charge on any atom is -0.355 e. The molecule has 9 heteroatoms. The Hall–Kier alpha value is -2.42. The van der Waals surface area contributed by atoms with E-state index < -0.39 is 15.9 Å². The van der Waals surface area contributed by atoms with Crippen LogP contribution in [0.3, 0.4) is 0 Å². The molecule has 0 spiro atoms. The Morgan fingerprint density at radius 2 is 1.65 bits per heavy atom. The molecule has 0 heterocycles. The number of hydrogen-bond acceptors (Lipinski definition) is 4. The van der Waals surface area contributed by atoms with E-state index in [0.717, 1.165) is 4.31 Å². The van der Waals surface area contributed by atoms with Crippen molar-refractivity contribution in [3.05, 3.63) is 58.6 Å². The Morgan fingerprint density at radius 1 is 1.00 bits per heavy atom. The molecule has 0 aliphatic heterocycles. The van der Waals surface area contributed by atoms with Crippen molar-refractivity contribution in [1.82, 2.24) is 9.62 Å². The molecular formula is C17H18ClN3O4S. The first kappa shape index (κ1) is 19.9. The zero-order valence-electron chi connectivity index (χ0n) is 14.4. The van der Waals surface area contributed by atoms with E-state index in [-0.39, 0.29) is 32.6 Å². The summed E-state index contributed by atoms with van der Waals surface area (Å²) in [5.74, 6) is -0.988. The van der Waals surface area contributed by atoms with Crippen LogP contribution in [0.25, 0.3) is 0 Å². The average Bonchev–Trinajstić information content (AvgIpc) is 2.61. The molecule has 0 saturated carbocycles. The molecule has 2 rings (SSSR count). The van der Waals surface area contributed by atoms with Gasteiger partial charge in [-0.25, -0.2) is 12.7 Å². The number of para-hydroxylation sites is 1. The van der Waals surface area contributed by atoms with Crippen LogP contribution in [0.5, 0.6) is 0 Å². The maximum absolute atomic E-state index is 12.6. The SMILES string of the molecule is CNC(=O)c1ccccc1NC(=O)c1cc(S(=O)(=O)N(C)C)ccc1Cl. The van der Waals surface area contributed by atoms with Crippen LogP contribution in [0.2, 0.25) is 5.02 Å². The summed E-state index contributed by atoms with van der Waals surface area (Å²) in [6, 6.07) is 10.3. The molecule has 2 N–H and O–H groups in total. The average molecular weight is 396 g/mol. The van der Waals surface area contributed by atoms with Crippen molar-refractivity contribution in [1.29, 1.82) is 0 Å². The number of nitrogens with one attached hydrogen (secondary N) is 2. The predicted octanol–water partition coefficient (Wildman–Crippen LogP) is 2.20. The molecule has 0 aliphatic carbocycles. The number of carbonyl (C=O) groups is 2. The van der Waals surface area contributed by atoms with Gasteiger partial charge in [0.05, 0.1) is 26.7 Å². The van der Waals surface area contributed by atoms with Crippen LogP contribution in [0.4, 0.5) is 5.69 Å². The lowest BCUT2D eigenvalue weighted by Crippen LogP contribution is -2.23. The van der Waals surface area contributed by atoms with Gasteiger partial charge in [0.15, 0.2) is 0 Å². The standard InChI is InChI=1S/C17H18ClN3O4S/c1-19-16(22)12-6-4-5-7-15(12)20-17(23)13-10-11(8-9-14(13)18)26(24,25)21(2)3/h4-10H,1-3H3,(H,19,22)(H,20,23). The van der Waals surface area contributed by atoms with E-state index in [2.05, 4.69) is 10.6 Å². The molecule has 2 aromatic carbocycles. The van der Waals surface area contributed by atoms with E-state index in [1.54, 1.807) is 24.3 Å². The highest BCUT2D eigenvalue weighted by atomic mass is 35.5. The van der Waals surface area contributed by atoms with Crippen molar-refractivity contribution in [2.24, 2.45) is 0 Å². The van der Waals surface area contributed by atoms with Crippen LogP contribution in [0, 0.1) is 0 Å². The maximum atomic E-state index is 12.6. The van der Waals surface area contributed by atoms with Crippen LogP contribution in [-0.4, -0.2) is 45.7 Å². The summed E-state index contributed by atoms with van der Waals surface area (Å²) in [6.07, 6.45) is 0. The first-order valence-electron chi connectivity index (χ1n) is 7.53. The summed E-state index contributed by atoms with van der Waals surface area (Å²) >= 11 is 6.07. The molecule has 26 heavy (non-hydrogen) atoms. The largest absolute Gasteiger partial charge is 0.355 e. The zero-order valence-corrected chi connectivity index (χ0v) is 16.0. The topological polar surface area (TPSA) is 95.6 Å². The lowest BCUT2D eigenvalue weighted by molar-refractivity contribution is 0.0964. The Balaban J connectivity index is 2.42. The number of carbonyl (C=O) groups excluding carboxylic acids is 2. The Labute approximate surface area is 157 Å². The third-order valence-corrected chi connectivity index (χ3v) is 5.75. The first-order chi connectivity index (χ1) is 12.2. The molecule has 0 saturated heterocycles. The van der Waals surface area contributed by atoms with E-state index in [1.807, 2.05) is 0 Å². The highest BCUT2D eigenvalue weighted by molar-refractivity contribution is 7.89. The molecule has 0 aromatic heterocycles. The third-order valence-electron chi connectivity index (χ3n) is 3.61. The fourth-order valence-electron chi connectivity index (χ4n) is 2.16. The zero-order chi connectivity index (χ0) is 19.5. The van der Waals surface area contributed by atoms with Gasteiger partial charge < -0.3 is 10.6 Å². The van der Waals surface area contributed by atoms with Crippen molar-refractivity contribution in [2.75, 3.05) is 26.5 Å². The summed E-state index contributed by atoms with van der Waals surface area (Å²) in [6.45, 7) is 0. The van der Waals surface area contributed by atoms with Crippen LogP contribution >= 0.6 is 11.6 Å². The van der Waals surface area contributed by atoms with E-state index in [9.17, 15) is 18.0 Å². The van der Waals surface area contributed by atoms with Gasteiger partial charge in [-0.05, 0) is 30.3 Å². The van der Waals surface area contributed by atoms with Gasteiger partial charge in [0.2, 0.25) is 10.0 Å². The van der Waals surface area contributed by atoms with Crippen LogP contribution in [0.15, 0.2) is 47.4 Å². The highest BCUT2D eigenvalue weighted by Crippen LogP contribution is 2.24. The number of amides is 2. The van der Waals surface area contributed by atoms with Crippen molar-refractivity contribution in [3.63, 3.8) is 0 Å². The molecule has 2 aromatic rings. The van der Waals surface area contributed by atoms with Gasteiger partial charge in [-0.1, -0.05) is 23.7 Å². The molecule has 138 valence electrons. The summed E-state index contributed by atoms with van der Waals surface area (Å²) in [5, 5.41) is 5.18. The summed E-state index contributed by atoms with van der Waals surface area (Å²) in [4.78, 5) is 24.5. The molecule has 0 fully saturated rings. The van der Waals surface area contributed by atoms with Gasteiger partial charge in [-0.3, -0.25) is 9.59 Å². The number of rotatable bonds is 5. The van der Waals surface area contributed by atoms with Gasteiger partial charge in [0.1, 0.15) is 0 Å². The molecule has 0 radical (unpaired) electrons. The number of nitrogens with zero attached hydrogens (tertiary/aromatic N) is 1. The van der Waals surface area contributed by atoms with E-state index in [4.69, 9.17) is 11.6 Å². The monoisotopic (exact) mass is 395 g/mol. The minimum absolute atomic E-state index is 0.0127. The maximum Gasteiger partial charge on any atom is 0.257 e. The molecule has 0 bridgehead atoms. The molecule has 0 aliphatic rings. The van der Waals surface area contributed by atoms with Crippen molar-refractivity contribution in [2.45, 2.75) is 4.90 Å². The Bertz CT molecular complexity index is 958. The number of sulfonamides is 1. The predicted molar refractivity (Wildman–Crippen MR) is 100 cm³/mol. The minimum atomic E-state index is -3.72. The van der Waals surface area contributed by atoms with E-state index in [1.165, 1.54) is 39.3 Å². The Morgan fingerprint density at radius 3 is 2.27 bits per heavy atom. The second-order valence-electron chi connectivity index (χ2n) is 5.51. The fourth-order valence-corrected chi connectivity index (χ4v) is 3.30. The molecule has 2 amide bonds. The molecule has 7 nitrogen and oxygen atoms in total. The van der Waals surface area contributed by atoms with Gasteiger partial charge >= 0.3 is 0 Å². The quantitative estimate of drug-likeness (QED) is 0.811. The van der Waals surface area contributed by atoms with Gasteiger partial charge in [-0.15, -0.1) is 0 Å². The van der Waals surface area contributed by atoms with Gasteiger partial charge in [0.25, 0.3) is 11.8 Å².